The van der Waals surface area contributed by atoms with E-state index in [0.717, 1.165) is 5.69 Å². The summed E-state index contributed by atoms with van der Waals surface area (Å²) in [6, 6.07) is 6.99. The number of aromatic amines is 1. The molecule has 0 spiro atoms. The number of aromatic nitrogens is 2. The van der Waals surface area contributed by atoms with Crippen molar-refractivity contribution in [2.75, 3.05) is 42.9 Å². The molecule has 0 unspecified atom stereocenters. The Balaban J connectivity index is 1.52. The zero-order valence-electron chi connectivity index (χ0n) is 13.3. The molecule has 1 aliphatic heterocycles. The molecule has 7 nitrogen and oxygen atoms in total. The highest BCUT2D eigenvalue weighted by Crippen LogP contribution is 2.21. The molecular formula is C16H17Cl2N5O2. The minimum atomic E-state index is -0.399. The van der Waals surface area contributed by atoms with Gasteiger partial charge in [0.15, 0.2) is 0 Å². The maximum Gasteiger partial charge on any atom is 0.285 e. The Labute approximate surface area is 154 Å². The lowest BCUT2D eigenvalue weighted by Gasteiger charge is -2.35. The molecule has 1 saturated heterocycles. The standard InChI is InChI=1S/C16H17Cl2N5O2/c17-11-1-3-12(4-2-11)20-14(24)10-22-5-7-23(8-6-22)13-9-19-21-16(25)15(13)18/h1-4,9H,5-8,10H2,(H,20,24)(H,21,25). The van der Waals surface area contributed by atoms with Crippen molar-refractivity contribution >= 4 is 40.5 Å². The van der Waals surface area contributed by atoms with Gasteiger partial charge < -0.3 is 10.2 Å². The van der Waals surface area contributed by atoms with Gasteiger partial charge in [0.05, 0.1) is 18.4 Å². The third kappa shape index (κ3) is 4.50. The molecule has 0 aliphatic carbocycles. The highest BCUT2D eigenvalue weighted by molar-refractivity contribution is 6.33. The van der Waals surface area contributed by atoms with Crippen molar-refractivity contribution in [3.05, 3.63) is 50.9 Å². The summed E-state index contributed by atoms with van der Waals surface area (Å²) in [7, 11) is 0. The number of H-pyrrole nitrogens is 1. The number of hydrogen-bond acceptors (Lipinski definition) is 5. The lowest BCUT2D eigenvalue weighted by molar-refractivity contribution is -0.117. The molecule has 25 heavy (non-hydrogen) atoms. The number of piperazine rings is 1. The SMILES string of the molecule is O=C(CN1CCN(c2cn[nH]c(=O)c2Cl)CC1)Nc1ccc(Cl)cc1. The van der Waals surface area contributed by atoms with Gasteiger partial charge in [0, 0.05) is 36.9 Å². The van der Waals surface area contributed by atoms with E-state index in [-0.39, 0.29) is 10.9 Å². The molecule has 2 aromatic rings. The van der Waals surface area contributed by atoms with Crippen LogP contribution in [0.25, 0.3) is 0 Å². The molecule has 0 saturated carbocycles. The van der Waals surface area contributed by atoms with Crippen molar-refractivity contribution in [3.63, 3.8) is 0 Å². The smallest absolute Gasteiger partial charge is 0.285 e. The summed E-state index contributed by atoms with van der Waals surface area (Å²) in [5.41, 5.74) is 0.939. The average molecular weight is 382 g/mol. The van der Waals surface area contributed by atoms with Crippen LogP contribution in [0.15, 0.2) is 35.3 Å². The van der Waals surface area contributed by atoms with Gasteiger partial charge in [0.25, 0.3) is 5.56 Å². The predicted molar refractivity (Wildman–Crippen MR) is 98.6 cm³/mol. The molecule has 3 rings (SSSR count). The number of nitrogens with one attached hydrogen (secondary N) is 2. The fraction of sp³-hybridized carbons (Fsp3) is 0.312. The number of amides is 1. The number of halogens is 2. The molecule has 132 valence electrons. The van der Waals surface area contributed by atoms with Crippen LogP contribution in [0.1, 0.15) is 0 Å². The molecule has 1 fully saturated rings. The second kappa shape index (κ2) is 7.86. The number of benzene rings is 1. The predicted octanol–water partition coefficient (Wildman–Crippen LogP) is 1.84. The first kappa shape index (κ1) is 17.7. The Kier molecular flexibility index (Phi) is 5.57. The Morgan fingerprint density at radius 1 is 1.16 bits per heavy atom. The van der Waals surface area contributed by atoms with Crippen LogP contribution >= 0.6 is 23.2 Å². The van der Waals surface area contributed by atoms with Crippen LogP contribution in [-0.4, -0.2) is 53.7 Å². The van der Waals surface area contributed by atoms with Crippen LogP contribution in [0.5, 0.6) is 0 Å². The van der Waals surface area contributed by atoms with Crippen molar-refractivity contribution < 1.29 is 4.79 Å². The third-order valence-corrected chi connectivity index (χ3v) is 4.60. The third-order valence-electron chi connectivity index (χ3n) is 3.99. The van der Waals surface area contributed by atoms with Crippen LogP contribution in [-0.2, 0) is 4.79 Å². The monoisotopic (exact) mass is 381 g/mol. The molecule has 0 bridgehead atoms. The summed E-state index contributed by atoms with van der Waals surface area (Å²) in [5, 5.41) is 9.71. The van der Waals surface area contributed by atoms with E-state index < -0.39 is 5.56 Å². The molecule has 0 atom stereocenters. The first-order valence-electron chi connectivity index (χ1n) is 7.79. The second-order valence-corrected chi connectivity index (χ2v) is 6.53. The summed E-state index contributed by atoms with van der Waals surface area (Å²) < 4.78 is 0. The van der Waals surface area contributed by atoms with Gasteiger partial charge in [-0.2, -0.15) is 5.10 Å². The zero-order chi connectivity index (χ0) is 17.8. The quantitative estimate of drug-likeness (QED) is 0.844. The number of hydrogen-bond donors (Lipinski definition) is 2. The topological polar surface area (TPSA) is 81.3 Å². The first-order valence-corrected chi connectivity index (χ1v) is 8.54. The van der Waals surface area contributed by atoms with Crippen molar-refractivity contribution in [1.29, 1.82) is 0 Å². The van der Waals surface area contributed by atoms with Gasteiger partial charge >= 0.3 is 0 Å². The lowest BCUT2D eigenvalue weighted by Crippen LogP contribution is -2.49. The molecular weight excluding hydrogens is 365 g/mol. The van der Waals surface area contributed by atoms with Crippen molar-refractivity contribution in [2.24, 2.45) is 0 Å². The van der Waals surface area contributed by atoms with Gasteiger partial charge in [-0.1, -0.05) is 23.2 Å². The molecule has 9 heteroatoms. The highest BCUT2D eigenvalue weighted by atomic mass is 35.5. The maximum atomic E-state index is 12.1. The highest BCUT2D eigenvalue weighted by Gasteiger charge is 2.21. The van der Waals surface area contributed by atoms with Crippen LogP contribution in [0.2, 0.25) is 10.0 Å². The maximum absolute atomic E-state index is 12.1. The summed E-state index contributed by atoms with van der Waals surface area (Å²) in [4.78, 5) is 27.7. The van der Waals surface area contributed by atoms with Crippen LogP contribution in [0, 0.1) is 0 Å². The van der Waals surface area contributed by atoms with E-state index in [1.54, 1.807) is 30.5 Å². The van der Waals surface area contributed by atoms with E-state index >= 15 is 0 Å². The van der Waals surface area contributed by atoms with E-state index in [0.29, 0.717) is 43.4 Å². The van der Waals surface area contributed by atoms with E-state index in [1.165, 1.54) is 0 Å². The van der Waals surface area contributed by atoms with Crippen molar-refractivity contribution in [1.82, 2.24) is 15.1 Å². The largest absolute Gasteiger partial charge is 0.366 e. The van der Waals surface area contributed by atoms with Crippen molar-refractivity contribution in [2.45, 2.75) is 0 Å². The molecule has 2 heterocycles. The molecule has 1 amide bonds. The van der Waals surface area contributed by atoms with Crippen LogP contribution < -0.4 is 15.8 Å². The summed E-state index contributed by atoms with van der Waals surface area (Å²) in [6.07, 6.45) is 1.55. The fourth-order valence-corrected chi connectivity index (χ4v) is 3.01. The van der Waals surface area contributed by atoms with Gasteiger partial charge in [0.2, 0.25) is 5.91 Å². The summed E-state index contributed by atoms with van der Waals surface area (Å²) >= 11 is 11.9. The van der Waals surface area contributed by atoms with E-state index in [2.05, 4.69) is 20.4 Å². The minimum absolute atomic E-state index is 0.0772. The minimum Gasteiger partial charge on any atom is -0.366 e. The lowest BCUT2D eigenvalue weighted by atomic mass is 10.2. The second-order valence-electron chi connectivity index (χ2n) is 5.72. The first-order chi connectivity index (χ1) is 12.0. The Morgan fingerprint density at radius 3 is 2.52 bits per heavy atom. The number of carbonyl (C=O) groups is 1. The van der Waals surface area contributed by atoms with Gasteiger partial charge in [-0.3, -0.25) is 14.5 Å². The van der Waals surface area contributed by atoms with E-state index in [1.807, 2.05) is 4.90 Å². The number of rotatable bonds is 4. The molecule has 0 radical (unpaired) electrons. The van der Waals surface area contributed by atoms with Gasteiger partial charge in [0.1, 0.15) is 5.02 Å². The Hall–Kier alpha value is -2.09. The number of anilines is 2. The van der Waals surface area contributed by atoms with Crippen LogP contribution in [0.4, 0.5) is 11.4 Å². The zero-order valence-corrected chi connectivity index (χ0v) is 14.8. The molecule has 1 aromatic heterocycles. The van der Waals surface area contributed by atoms with Gasteiger partial charge in [-0.05, 0) is 24.3 Å². The number of nitrogens with zero attached hydrogens (tertiary/aromatic N) is 3. The summed E-state index contributed by atoms with van der Waals surface area (Å²) in [6.45, 7) is 3.02. The fourth-order valence-electron chi connectivity index (χ4n) is 2.68. The summed E-state index contributed by atoms with van der Waals surface area (Å²) in [5.74, 6) is -0.0772. The van der Waals surface area contributed by atoms with Gasteiger partial charge in [-0.15, -0.1) is 0 Å². The molecule has 1 aromatic carbocycles. The average Bonchev–Trinajstić information content (AvgIpc) is 2.60. The Bertz CT molecular complexity index is 801. The van der Waals surface area contributed by atoms with E-state index in [9.17, 15) is 9.59 Å². The van der Waals surface area contributed by atoms with Crippen LogP contribution in [0.3, 0.4) is 0 Å². The number of carbonyl (C=O) groups excluding carboxylic acids is 1. The van der Waals surface area contributed by atoms with E-state index in [4.69, 9.17) is 23.2 Å². The van der Waals surface area contributed by atoms with Crippen molar-refractivity contribution in [3.8, 4) is 0 Å². The molecule has 2 N–H and O–H groups in total. The normalized spacial score (nSPS) is 15.2. The molecule has 1 aliphatic rings. The Morgan fingerprint density at radius 2 is 1.84 bits per heavy atom. The van der Waals surface area contributed by atoms with Gasteiger partial charge in [-0.25, -0.2) is 5.10 Å².